The van der Waals surface area contributed by atoms with Gasteiger partial charge in [0, 0.05) is 17.8 Å². The van der Waals surface area contributed by atoms with Crippen LogP contribution in [0.3, 0.4) is 0 Å². The van der Waals surface area contributed by atoms with Gasteiger partial charge in [0.1, 0.15) is 11.4 Å². The third-order valence-corrected chi connectivity index (χ3v) is 11.9. The highest BCUT2D eigenvalue weighted by molar-refractivity contribution is 5.97. The topological polar surface area (TPSA) is 35.5 Å². The molecule has 14 atom stereocenters. The average molecular weight is 358 g/mol. The first-order valence-corrected chi connectivity index (χ1v) is 11.2. The van der Waals surface area contributed by atoms with E-state index in [4.69, 9.17) is 9.47 Å². The van der Waals surface area contributed by atoms with E-state index in [1.807, 2.05) is 0 Å². The Balaban J connectivity index is 1.28. The second-order valence-corrected chi connectivity index (χ2v) is 11.3. The molecule has 0 amide bonds. The zero-order valence-electron chi connectivity index (χ0n) is 15.1. The van der Waals surface area contributed by atoms with Gasteiger partial charge in [-0.1, -0.05) is 30.3 Å². The summed E-state index contributed by atoms with van der Waals surface area (Å²) >= 11 is 0. The molecule has 1 aromatic carbocycles. The number of benzene rings is 1. The fraction of sp³-hybridized carbons (Fsp3) is 0.708. The Labute approximate surface area is 157 Å². The SMILES string of the molecule is O=C1[C@H]2[C@@H]3CC[C@@H]4[C@H]2O[C@@]25[C@@H]4[C@@H]3[C@@]12[C@@H]1[C@H]2O[C@]3(c4ccccc4)[C@H]2[C@H]5C[C@H]13. The maximum atomic E-state index is 14.0. The van der Waals surface area contributed by atoms with Gasteiger partial charge < -0.3 is 9.47 Å². The molecule has 6 saturated carbocycles. The van der Waals surface area contributed by atoms with E-state index in [1.165, 1.54) is 24.8 Å². The third-order valence-electron chi connectivity index (χ3n) is 11.9. The maximum Gasteiger partial charge on any atom is 0.148 e. The van der Waals surface area contributed by atoms with Crippen LogP contribution >= 0.6 is 0 Å². The Bertz CT molecular complexity index is 1000. The summed E-state index contributed by atoms with van der Waals surface area (Å²) in [6.45, 7) is 0. The second-order valence-electron chi connectivity index (χ2n) is 11.3. The van der Waals surface area contributed by atoms with Gasteiger partial charge in [-0.2, -0.15) is 0 Å². The Morgan fingerprint density at radius 2 is 1.70 bits per heavy atom. The van der Waals surface area contributed by atoms with E-state index < -0.39 is 0 Å². The molecule has 0 aromatic heterocycles. The molecule has 0 N–H and O–H groups in total. The van der Waals surface area contributed by atoms with Crippen molar-refractivity contribution in [1.82, 2.24) is 0 Å². The predicted octanol–water partition coefficient (Wildman–Crippen LogP) is 2.79. The van der Waals surface area contributed by atoms with Crippen molar-refractivity contribution >= 4 is 5.78 Å². The number of ketones is 1. The van der Waals surface area contributed by atoms with E-state index in [9.17, 15) is 4.79 Å². The van der Waals surface area contributed by atoms with Crippen LogP contribution in [0, 0.1) is 58.7 Å². The standard InChI is InChI=1S/C24H22O3/c25-21-14-10-6-7-11-16-15(10)22(21)17-12-8-13(24(16,22)27-19(11)14)18-20(17)26-23(12,18)9-4-2-1-3-5-9/h1-5,10-20H,6-8H2/t10-,11-,12+,13+,14-,15+,16-,17-,18-,19+,20+,22+,23-,24-/m0/s1. The van der Waals surface area contributed by atoms with Crippen molar-refractivity contribution in [2.24, 2.45) is 58.7 Å². The molecule has 2 aliphatic heterocycles. The molecule has 5 bridgehead atoms. The number of rotatable bonds is 1. The van der Waals surface area contributed by atoms with Crippen molar-refractivity contribution in [2.75, 3.05) is 0 Å². The lowest BCUT2D eigenvalue weighted by Crippen LogP contribution is -2.84. The molecule has 27 heavy (non-hydrogen) atoms. The van der Waals surface area contributed by atoms with Gasteiger partial charge in [-0.15, -0.1) is 0 Å². The third kappa shape index (κ3) is 0.803. The summed E-state index contributed by atoms with van der Waals surface area (Å²) in [4.78, 5) is 14.0. The van der Waals surface area contributed by atoms with Crippen molar-refractivity contribution < 1.29 is 14.3 Å². The Hall–Kier alpha value is -1.19. The van der Waals surface area contributed by atoms with Crippen LogP contribution in [0.1, 0.15) is 24.8 Å². The summed E-state index contributed by atoms with van der Waals surface area (Å²) in [7, 11) is 0. The molecule has 6 aliphatic carbocycles. The molecular weight excluding hydrogens is 336 g/mol. The summed E-state index contributed by atoms with van der Waals surface area (Å²) in [6, 6.07) is 11.0. The lowest BCUT2D eigenvalue weighted by molar-refractivity contribution is -0.366. The molecule has 2 saturated heterocycles. The van der Waals surface area contributed by atoms with Gasteiger partial charge in [-0.25, -0.2) is 0 Å². The van der Waals surface area contributed by atoms with Gasteiger partial charge in [-0.3, -0.25) is 4.79 Å². The number of hydrogen-bond acceptors (Lipinski definition) is 3. The fourth-order valence-electron chi connectivity index (χ4n) is 12.2. The molecule has 3 heteroatoms. The number of carbonyl (C=O) groups is 1. The summed E-state index contributed by atoms with van der Waals surface area (Å²) in [5.74, 6) is 5.80. The largest absolute Gasteiger partial charge is 0.369 e. The molecular formula is C24H22O3. The van der Waals surface area contributed by atoms with Crippen molar-refractivity contribution in [3.8, 4) is 0 Å². The van der Waals surface area contributed by atoms with Crippen molar-refractivity contribution in [2.45, 2.75) is 42.7 Å². The summed E-state index contributed by atoms with van der Waals surface area (Å²) in [6.07, 6.45) is 4.49. The molecule has 3 nitrogen and oxygen atoms in total. The number of fused-ring (bicyclic) bond motifs is 7. The molecule has 1 aromatic rings. The van der Waals surface area contributed by atoms with Gasteiger partial charge in [0.05, 0.1) is 23.2 Å². The lowest BCUT2D eigenvalue weighted by atomic mass is 9.29. The summed E-state index contributed by atoms with van der Waals surface area (Å²) in [5.41, 5.74) is 1.07. The average Bonchev–Trinajstić information content (AvgIpc) is 3.30. The van der Waals surface area contributed by atoms with E-state index in [0.717, 1.165) is 0 Å². The first-order chi connectivity index (χ1) is 13.3. The quantitative estimate of drug-likeness (QED) is 0.774. The van der Waals surface area contributed by atoms with E-state index >= 15 is 0 Å². The molecule has 136 valence electrons. The van der Waals surface area contributed by atoms with Crippen LogP contribution in [0.25, 0.3) is 0 Å². The highest BCUT2D eigenvalue weighted by Crippen LogP contribution is 2.96. The number of Topliss-reactive ketones (excluding diaryl/α,β-unsaturated/α-hetero) is 1. The fourth-order valence-corrected chi connectivity index (χ4v) is 12.2. The first kappa shape index (κ1) is 13.1. The van der Waals surface area contributed by atoms with Crippen LogP contribution in [0.5, 0.6) is 0 Å². The summed E-state index contributed by atoms with van der Waals surface area (Å²) in [5, 5.41) is 0. The normalized spacial score (nSPS) is 73.3. The zero-order valence-corrected chi connectivity index (χ0v) is 15.1. The zero-order chi connectivity index (χ0) is 17.1. The van der Waals surface area contributed by atoms with Crippen molar-refractivity contribution in [3.63, 3.8) is 0 Å². The van der Waals surface area contributed by atoms with Crippen LogP contribution in [0.15, 0.2) is 30.3 Å². The molecule has 8 fully saturated rings. The van der Waals surface area contributed by atoms with Crippen molar-refractivity contribution in [3.05, 3.63) is 35.9 Å². The van der Waals surface area contributed by atoms with E-state index in [1.54, 1.807) is 0 Å². The minimum absolute atomic E-state index is 0.0710. The Morgan fingerprint density at radius 3 is 2.59 bits per heavy atom. The monoisotopic (exact) mass is 358 g/mol. The van der Waals surface area contributed by atoms with Gasteiger partial charge in [0.2, 0.25) is 0 Å². The van der Waals surface area contributed by atoms with Gasteiger partial charge in [-0.05, 0) is 60.3 Å². The Kier molecular flexibility index (Phi) is 1.58. The molecule has 8 aliphatic rings. The van der Waals surface area contributed by atoms with Crippen LogP contribution in [0.2, 0.25) is 0 Å². The van der Waals surface area contributed by atoms with Crippen molar-refractivity contribution in [1.29, 1.82) is 0 Å². The first-order valence-electron chi connectivity index (χ1n) is 11.2. The molecule has 9 rings (SSSR count). The van der Waals surface area contributed by atoms with Crippen LogP contribution < -0.4 is 0 Å². The van der Waals surface area contributed by atoms with Crippen LogP contribution in [0.4, 0.5) is 0 Å². The molecule has 2 spiro atoms. The highest BCUT2D eigenvalue weighted by atomic mass is 16.6. The predicted molar refractivity (Wildman–Crippen MR) is 93.3 cm³/mol. The number of hydrogen-bond donors (Lipinski definition) is 0. The smallest absolute Gasteiger partial charge is 0.148 e. The highest BCUT2D eigenvalue weighted by Gasteiger charge is 3.03. The second kappa shape index (κ2) is 3.25. The molecule has 0 unspecified atom stereocenters. The van der Waals surface area contributed by atoms with E-state index in [2.05, 4.69) is 30.3 Å². The van der Waals surface area contributed by atoms with Gasteiger partial charge in [0.15, 0.2) is 0 Å². The minimum atomic E-state index is -0.138. The van der Waals surface area contributed by atoms with Crippen LogP contribution in [-0.4, -0.2) is 23.6 Å². The van der Waals surface area contributed by atoms with Gasteiger partial charge >= 0.3 is 0 Å². The van der Waals surface area contributed by atoms with E-state index in [-0.39, 0.29) is 28.6 Å². The molecule has 2 heterocycles. The maximum absolute atomic E-state index is 14.0. The Morgan fingerprint density at radius 1 is 0.852 bits per heavy atom. The number of ether oxygens (including phenoxy) is 2. The molecule has 0 radical (unpaired) electrons. The number of carbonyl (C=O) groups excluding carboxylic acids is 1. The van der Waals surface area contributed by atoms with Gasteiger partial charge in [0.25, 0.3) is 0 Å². The minimum Gasteiger partial charge on any atom is -0.369 e. The van der Waals surface area contributed by atoms with E-state index in [0.29, 0.717) is 59.2 Å². The lowest BCUT2D eigenvalue weighted by Gasteiger charge is -2.76. The van der Waals surface area contributed by atoms with Crippen LogP contribution in [-0.2, 0) is 19.9 Å². The summed E-state index contributed by atoms with van der Waals surface area (Å²) < 4.78 is 13.9.